The highest BCUT2D eigenvalue weighted by atomic mass is 32.1. The predicted octanol–water partition coefficient (Wildman–Crippen LogP) is 3.54. The van der Waals surface area contributed by atoms with Crippen molar-refractivity contribution in [2.45, 2.75) is 13.3 Å². The Bertz CT molecular complexity index is 426. The second-order valence-electron chi connectivity index (χ2n) is 3.20. The van der Waals surface area contributed by atoms with Crippen LogP contribution in [0.2, 0.25) is 0 Å². The molecule has 14 heavy (non-hydrogen) atoms. The highest BCUT2D eigenvalue weighted by Gasteiger charge is 2.08. The van der Waals surface area contributed by atoms with E-state index in [0.29, 0.717) is 6.42 Å². The molecule has 0 fully saturated rings. The molecule has 0 aliphatic rings. The number of hydrogen-bond acceptors (Lipinski definition) is 3. The molecule has 0 N–H and O–H groups in total. The monoisotopic (exact) mass is 222 g/mol. The van der Waals surface area contributed by atoms with Gasteiger partial charge < -0.3 is 0 Å². The van der Waals surface area contributed by atoms with Crippen molar-refractivity contribution >= 4 is 28.5 Å². The van der Waals surface area contributed by atoms with Crippen molar-refractivity contribution in [1.29, 1.82) is 0 Å². The molecule has 0 unspecified atom stereocenters. The van der Waals surface area contributed by atoms with Gasteiger partial charge in [0.25, 0.3) is 0 Å². The van der Waals surface area contributed by atoms with Gasteiger partial charge in [-0.25, -0.2) is 0 Å². The molecule has 0 saturated heterocycles. The lowest BCUT2D eigenvalue weighted by Crippen LogP contribution is -1.99. The average Bonchev–Trinajstić information content (AvgIpc) is 2.75. The molecule has 0 aromatic carbocycles. The molecule has 3 heteroatoms. The molecule has 0 radical (unpaired) electrons. The van der Waals surface area contributed by atoms with Crippen LogP contribution >= 0.6 is 22.7 Å². The zero-order chi connectivity index (χ0) is 9.97. The maximum Gasteiger partial charge on any atom is 0.168 e. The third kappa shape index (κ3) is 2.11. The van der Waals surface area contributed by atoms with Gasteiger partial charge in [-0.15, -0.1) is 11.3 Å². The van der Waals surface area contributed by atoms with E-state index in [9.17, 15) is 4.79 Å². The molecule has 0 atom stereocenters. The molecular weight excluding hydrogens is 212 g/mol. The minimum absolute atomic E-state index is 0.216. The summed E-state index contributed by atoms with van der Waals surface area (Å²) in [4.78, 5) is 12.8. The summed E-state index contributed by atoms with van der Waals surface area (Å²) in [5.74, 6) is 0.216. The fraction of sp³-hybridized carbons (Fsp3) is 0.182. The Morgan fingerprint density at radius 1 is 1.43 bits per heavy atom. The number of ketones is 1. The van der Waals surface area contributed by atoms with Crippen LogP contribution in [0.15, 0.2) is 28.3 Å². The molecule has 0 aliphatic heterocycles. The first kappa shape index (κ1) is 9.62. The third-order valence-corrected chi connectivity index (χ3v) is 3.70. The Balaban J connectivity index is 2.09. The number of thiophene rings is 2. The maximum absolute atomic E-state index is 11.7. The topological polar surface area (TPSA) is 17.1 Å². The lowest BCUT2D eigenvalue weighted by Gasteiger charge is -1.93. The normalized spacial score (nSPS) is 10.4. The minimum atomic E-state index is 0.216. The highest BCUT2D eigenvalue weighted by Crippen LogP contribution is 2.17. The van der Waals surface area contributed by atoms with Gasteiger partial charge in [0.1, 0.15) is 0 Å². The van der Waals surface area contributed by atoms with Crippen LogP contribution in [0.25, 0.3) is 0 Å². The minimum Gasteiger partial charge on any atom is -0.294 e. The molecular formula is C11H10OS2. The smallest absolute Gasteiger partial charge is 0.168 e. The summed E-state index contributed by atoms with van der Waals surface area (Å²) in [7, 11) is 0. The van der Waals surface area contributed by atoms with Crippen LogP contribution in [0.3, 0.4) is 0 Å². The first-order valence-corrected chi connectivity index (χ1v) is 6.17. The van der Waals surface area contributed by atoms with Gasteiger partial charge >= 0.3 is 0 Å². The van der Waals surface area contributed by atoms with Crippen molar-refractivity contribution in [1.82, 2.24) is 0 Å². The van der Waals surface area contributed by atoms with Crippen molar-refractivity contribution in [3.8, 4) is 0 Å². The second kappa shape index (κ2) is 4.07. The zero-order valence-electron chi connectivity index (χ0n) is 7.82. The van der Waals surface area contributed by atoms with Crippen LogP contribution < -0.4 is 0 Å². The standard InChI is InChI=1S/C11H10OS2/c1-8-4-10(14-6-8)5-11(12)9-2-3-13-7-9/h2-4,6-7H,5H2,1H3. The third-order valence-electron chi connectivity index (χ3n) is 1.96. The number of hydrogen-bond donors (Lipinski definition) is 0. The Morgan fingerprint density at radius 2 is 2.29 bits per heavy atom. The van der Waals surface area contributed by atoms with Gasteiger partial charge in [0.15, 0.2) is 5.78 Å². The highest BCUT2D eigenvalue weighted by molar-refractivity contribution is 7.10. The number of carbonyl (C=O) groups is 1. The van der Waals surface area contributed by atoms with E-state index >= 15 is 0 Å². The molecule has 2 heterocycles. The molecule has 0 spiro atoms. The molecule has 2 aromatic heterocycles. The Labute approximate surface area is 91.0 Å². The summed E-state index contributed by atoms with van der Waals surface area (Å²) < 4.78 is 0. The van der Waals surface area contributed by atoms with Crippen molar-refractivity contribution in [2.75, 3.05) is 0 Å². The Morgan fingerprint density at radius 3 is 2.86 bits per heavy atom. The fourth-order valence-corrected chi connectivity index (χ4v) is 2.80. The Hall–Kier alpha value is -0.930. The average molecular weight is 222 g/mol. The van der Waals surface area contributed by atoms with Crippen LogP contribution in [0.5, 0.6) is 0 Å². The Kier molecular flexibility index (Phi) is 2.79. The number of carbonyl (C=O) groups excluding carboxylic acids is 1. The summed E-state index contributed by atoms with van der Waals surface area (Å²) >= 11 is 3.22. The van der Waals surface area contributed by atoms with Gasteiger partial charge in [-0.1, -0.05) is 0 Å². The number of aryl methyl sites for hydroxylation is 1. The van der Waals surface area contributed by atoms with Gasteiger partial charge in [0.05, 0.1) is 0 Å². The first-order valence-electron chi connectivity index (χ1n) is 4.35. The van der Waals surface area contributed by atoms with Gasteiger partial charge in [0, 0.05) is 22.2 Å². The van der Waals surface area contributed by atoms with Crippen LogP contribution in [0.1, 0.15) is 20.8 Å². The maximum atomic E-state index is 11.7. The molecule has 72 valence electrons. The van der Waals surface area contributed by atoms with Crippen molar-refractivity contribution < 1.29 is 4.79 Å². The van der Waals surface area contributed by atoms with E-state index in [0.717, 1.165) is 10.4 Å². The van der Waals surface area contributed by atoms with Crippen molar-refractivity contribution in [3.05, 3.63) is 44.3 Å². The summed E-state index contributed by atoms with van der Waals surface area (Å²) in [6, 6.07) is 3.96. The molecule has 0 aliphatic carbocycles. The van der Waals surface area contributed by atoms with E-state index in [1.165, 1.54) is 5.56 Å². The lowest BCUT2D eigenvalue weighted by atomic mass is 10.1. The zero-order valence-corrected chi connectivity index (χ0v) is 9.45. The van der Waals surface area contributed by atoms with Gasteiger partial charge in [0.2, 0.25) is 0 Å². The summed E-state index contributed by atoms with van der Waals surface area (Å²) in [5.41, 5.74) is 2.07. The fourth-order valence-electron chi connectivity index (χ4n) is 1.27. The van der Waals surface area contributed by atoms with Crippen LogP contribution in [0, 0.1) is 6.92 Å². The van der Waals surface area contributed by atoms with Crippen molar-refractivity contribution in [3.63, 3.8) is 0 Å². The van der Waals surface area contributed by atoms with Crippen LogP contribution in [-0.2, 0) is 6.42 Å². The number of Topliss-reactive ketones (excluding diaryl/α,β-unsaturated/α-hetero) is 1. The lowest BCUT2D eigenvalue weighted by molar-refractivity contribution is 0.0994. The van der Waals surface area contributed by atoms with E-state index in [-0.39, 0.29) is 5.78 Å². The van der Waals surface area contributed by atoms with E-state index in [1.54, 1.807) is 22.7 Å². The van der Waals surface area contributed by atoms with E-state index < -0.39 is 0 Å². The van der Waals surface area contributed by atoms with E-state index in [4.69, 9.17) is 0 Å². The first-order chi connectivity index (χ1) is 6.75. The largest absolute Gasteiger partial charge is 0.294 e. The quantitative estimate of drug-likeness (QED) is 0.726. The van der Waals surface area contributed by atoms with Crippen LogP contribution in [0.4, 0.5) is 0 Å². The molecule has 0 amide bonds. The van der Waals surface area contributed by atoms with Crippen LogP contribution in [-0.4, -0.2) is 5.78 Å². The van der Waals surface area contributed by atoms with Gasteiger partial charge in [-0.05, 0) is 35.4 Å². The molecule has 1 nitrogen and oxygen atoms in total. The van der Waals surface area contributed by atoms with E-state index in [1.807, 2.05) is 16.8 Å². The number of rotatable bonds is 3. The second-order valence-corrected chi connectivity index (χ2v) is 4.98. The molecule has 2 rings (SSSR count). The van der Waals surface area contributed by atoms with Gasteiger partial charge in [-0.2, -0.15) is 11.3 Å². The van der Waals surface area contributed by atoms with Crippen molar-refractivity contribution in [2.24, 2.45) is 0 Å². The SMILES string of the molecule is Cc1csc(CC(=O)c2ccsc2)c1. The summed E-state index contributed by atoms with van der Waals surface area (Å²) in [6.45, 7) is 2.05. The predicted molar refractivity (Wildman–Crippen MR) is 61.4 cm³/mol. The molecule has 0 saturated carbocycles. The molecule has 0 bridgehead atoms. The molecule has 2 aromatic rings. The van der Waals surface area contributed by atoms with Gasteiger partial charge in [-0.3, -0.25) is 4.79 Å². The van der Waals surface area contributed by atoms with E-state index in [2.05, 4.69) is 18.4 Å². The summed E-state index contributed by atoms with van der Waals surface area (Å²) in [5, 5.41) is 5.92. The summed E-state index contributed by atoms with van der Waals surface area (Å²) in [6.07, 6.45) is 0.537.